The summed E-state index contributed by atoms with van der Waals surface area (Å²) in [6.45, 7) is 0.760. The number of carbonyl (C=O) groups is 1. The predicted octanol–water partition coefficient (Wildman–Crippen LogP) is 4.67. The fraction of sp³-hybridized carbons (Fsp3) is 0.321. The minimum atomic E-state index is -1.01. The van der Waals surface area contributed by atoms with Crippen LogP contribution in [0.5, 0.6) is 0 Å². The van der Waals surface area contributed by atoms with Gasteiger partial charge in [-0.1, -0.05) is 17.3 Å². The van der Waals surface area contributed by atoms with Crippen molar-refractivity contribution >= 4 is 23.0 Å². The van der Waals surface area contributed by atoms with E-state index >= 15 is 0 Å². The average Bonchev–Trinajstić information content (AvgIpc) is 3.23. The Kier molecular flexibility index (Phi) is 6.74. The van der Waals surface area contributed by atoms with Crippen molar-refractivity contribution in [3.8, 4) is 0 Å². The van der Waals surface area contributed by atoms with Gasteiger partial charge >= 0.3 is 11.8 Å². The zero-order chi connectivity index (χ0) is 27.8. The maximum absolute atomic E-state index is 14.8. The van der Waals surface area contributed by atoms with E-state index in [9.17, 15) is 23.6 Å². The predicted molar refractivity (Wildman–Crippen MR) is 140 cm³/mol. The van der Waals surface area contributed by atoms with Crippen molar-refractivity contribution < 1.29 is 23.5 Å². The van der Waals surface area contributed by atoms with Crippen molar-refractivity contribution in [3.05, 3.63) is 93.8 Å². The molecule has 0 radical (unpaired) electrons. The van der Waals surface area contributed by atoms with Gasteiger partial charge in [-0.2, -0.15) is 0 Å². The van der Waals surface area contributed by atoms with Gasteiger partial charge in [0, 0.05) is 48.6 Å². The number of aromatic nitrogens is 4. The first kappa shape index (κ1) is 25.7. The molecule has 3 aromatic heterocycles. The highest BCUT2D eigenvalue weighted by Crippen LogP contribution is 2.39. The minimum absolute atomic E-state index is 0.0550. The van der Waals surface area contributed by atoms with Crippen molar-refractivity contribution in [1.82, 2.24) is 24.4 Å². The topological polar surface area (TPSA) is 126 Å². The molecule has 2 atom stereocenters. The molecule has 0 saturated carbocycles. The number of halogens is 2. The van der Waals surface area contributed by atoms with Crippen LogP contribution in [-0.4, -0.2) is 54.5 Å². The summed E-state index contributed by atoms with van der Waals surface area (Å²) >= 11 is 0. The van der Waals surface area contributed by atoms with Gasteiger partial charge in [-0.05, 0) is 56.0 Å². The molecule has 2 N–H and O–H groups in total. The number of nitrogens with zero attached hydrogens (tertiary/aromatic N) is 5. The van der Waals surface area contributed by atoms with Crippen LogP contribution in [-0.2, 0) is 4.74 Å². The Labute approximate surface area is 226 Å². The molecule has 1 aliphatic heterocycles. The van der Waals surface area contributed by atoms with Gasteiger partial charge in [0.2, 0.25) is 0 Å². The van der Waals surface area contributed by atoms with E-state index in [1.807, 2.05) is 6.07 Å². The summed E-state index contributed by atoms with van der Waals surface area (Å²) in [6, 6.07) is 10.7. The summed E-state index contributed by atoms with van der Waals surface area (Å²) in [4.78, 5) is 38.8. The van der Waals surface area contributed by atoms with Gasteiger partial charge in [0.15, 0.2) is 17.3 Å². The third-order valence-electron chi connectivity index (χ3n) is 7.75. The zero-order valence-corrected chi connectivity index (χ0v) is 21.3. The molecule has 12 heteroatoms. The Hall–Kier alpha value is -4.61. The third kappa shape index (κ3) is 4.48. The largest absolute Gasteiger partial charge is 0.440 e. The second-order valence-corrected chi connectivity index (χ2v) is 9.96. The molecule has 6 rings (SSSR count). The van der Waals surface area contributed by atoms with E-state index in [-0.39, 0.29) is 35.8 Å². The Bertz CT molecular complexity index is 1660. The summed E-state index contributed by atoms with van der Waals surface area (Å²) < 4.78 is 36.4. The number of hydrogen-bond donors (Lipinski definition) is 2. The molecule has 1 saturated heterocycles. The van der Waals surface area contributed by atoms with Crippen LogP contribution in [0.15, 0.2) is 64.8 Å². The summed E-state index contributed by atoms with van der Waals surface area (Å²) in [5.74, 6) is -2.78. The van der Waals surface area contributed by atoms with E-state index in [1.165, 1.54) is 18.3 Å². The number of ether oxygens (including phenoxy) is 1. The number of piperidine rings is 1. The van der Waals surface area contributed by atoms with Gasteiger partial charge in [-0.25, -0.2) is 23.4 Å². The average molecular weight is 549 g/mol. The maximum atomic E-state index is 14.8. The summed E-state index contributed by atoms with van der Waals surface area (Å²) in [5.41, 5.74) is 1.98. The van der Waals surface area contributed by atoms with Crippen LogP contribution >= 0.6 is 0 Å². The van der Waals surface area contributed by atoms with Crippen molar-refractivity contribution in [2.24, 2.45) is 5.16 Å². The van der Waals surface area contributed by atoms with Crippen LogP contribution in [0.3, 0.4) is 0 Å². The molecule has 206 valence electrons. The Morgan fingerprint density at radius 1 is 1.02 bits per heavy atom. The molecular formula is C28H26F2N6O4. The number of rotatable bonds is 3. The van der Waals surface area contributed by atoms with E-state index in [0.29, 0.717) is 42.8 Å². The van der Waals surface area contributed by atoms with Crippen LogP contribution in [0.25, 0.3) is 11.2 Å². The number of fused-ring (bicyclic) bond motifs is 2. The number of imidazole rings is 1. The molecule has 10 nitrogen and oxygen atoms in total. The Balaban J connectivity index is 1.20. The van der Waals surface area contributed by atoms with Crippen LogP contribution in [0.2, 0.25) is 0 Å². The second kappa shape index (κ2) is 10.5. The van der Waals surface area contributed by atoms with Crippen LogP contribution in [0, 0.1) is 11.6 Å². The maximum Gasteiger partial charge on any atom is 0.410 e. The molecule has 2 aliphatic rings. The molecule has 4 heterocycles. The van der Waals surface area contributed by atoms with Crippen molar-refractivity contribution in [1.29, 1.82) is 0 Å². The molecule has 1 fully saturated rings. The monoisotopic (exact) mass is 548 g/mol. The molecule has 1 amide bonds. The standard InChI is InChI=1S/C28H26F2N6O4/c29-20-6-1-4-17(23(20)30)18-8-9-22(25-19(24(18)34-39)5-2-12-31-25)40-28(38)35-14-10-16(11-15-35)36-21-7-3-13-32-26(21)33-27(36)37/h1-7,12-13,16,18,22,39H,8-11,14-15H2,(H,32,33,37). The highest BCUT2D eigenvalue weighted by molar-refractivity contribution is 6.06. The van der Waals surface area contributed by atoms with Crippen molar-refractivity contribution in [2.45, 2.75) is 43.7 Å². The molecule has 1 aromatic carbocycles. The molecule has 2 unspecified atom stereocenters. The third-order valence-corrected chi connectivity index (χ3v) is 7.75. The fourth-order valence-electron chi connectivity index (χ4n) is 5.82. The van der Waals surface area contributed by atoms with Gasteiger partial charge in [-0.3, -0.25) is 14.5 Å². The van der Waals surface area contributed by atoms with E-state index in [0.717, 1.165) is 11.6 Å². The number of likely N-dealkylation sites (tertiary alicyclic amines) is 1. The summed E-state index contributed by atoms with van der Waals surface area (Å²) in [5, 5.41) is 13.4. The van der Waals surface area contributed by atoms with Gasteiger partial charge in [0.1, 0.15) is 6.10 Å². The van der Waals surface area contributed by atoms with Crippen LogP contribution < -0.4 is 5.69 Å². The number of amides is 1. The first-order valence-electron chi connectivity index (χ1n) is 13.1. The molecule has 0 bridgehead atoms. The van der Waals surface area contributed by atoms with Crippen molar-refractivity contribution in [3.63, 3.8) is 0 Å². The SMILES string of the molecule is O=C(OC1CCC(c2cccc(F)c2F)C(=NO)c2cccnc21)N1CCC(n2c(=O)[nH]c3ncccc32)CC1. The fourth-order valence-corrected chi connectivity index (χ4v) is 5.82. The highest BCUT2D eigenvalue weighted by Gasteiger charge is 2.36. The van der Waals surface area contributed by atoms with E-state index in [1.54, 1.807) is 33.9 Å². The van der Waals surface area contributed by atoms with Gasteiger partial charge in [0.25, 0.3) is 0 Å². The number of benzene rings is 1. The molecule has 4 aromatic rings. The number of hydrogen-bond acceptors (Lipinski definition) is 7. The van der Waals surface area contributed by atoms with Gasteiger partial charge < -0.3 is 14.8 Å². The first-order chi connectivity index (χ1) is 19.5. The number of pyridine rings is 2. The molecule has 40 heavy (non-hydrogen) atoms. The lowest BCUT2D eigenvalue weighted by Gasteiger charge is -2.32. The van der Waals surface area contributed by atoms with E-state index in [2.05, 4.69) is 20.1 Å². The zero-order valence-electron chi connectivity index (χ0n) is 21.3. The number of nitrogens with one attached hydrogen (secondary N) is 1. The number of carbonyl (C=O) groups excluding carboxylic acids is 1. The van der Waals surface area contributed by atoms with E-state index < -0.39 is 29.7 Å². The van der Waals surface area contributed by atoms with Gasteiger partial charge in [0.05, 0.1) is 16.9 Å². The smallest absolute Gasteiger partial charge is 0.410 e. The normalized spacial score (nSPS) is 20.9. The molecular weight excluding hydrogens is 522 g/mol. The number of aromatic amines is 1. The minimum Gasteiger partial charge on any atom is -0.440 e. The molecule has 1 aliphatic carbocycles. The van der Waals surface area contributed by atoms with Crippen LogP contribution in [0.4, 0.5) is 13.6 Å². The summed E-state index contributed by atoms with van der Waals surface area (Å²) in [7, 11) is 0. The number of oxime groups is 1. The van der Waals surface area contributed by atoms with Crippen LogP contribution in [0.1, 0.15) is 60.6 Å². The quantitative estimate of drug-likeness (QED) is 0.218. The van der Waals surface area contributed by atoms with E-state index in [4.69, 9.17) is 4.74 Å². The lowest BCUT2D eigenvalue weighted by molar-refractivity contribution is 0.0473. The first-order valence-corrected chi connectivity index (χ1v) is 13.1. The Morgan fingerprint density at radius 2 is 1.80 bits per heavy atom. The van der Waals surface area contributed by atoms with Crippen molar-refractivity contribution in [2.75, 3.05) is 13.1 Å². The summed E-state index contributed by atoms with van der Waals surface area (Å²) in [6.07, 6.45) is 3.42. The lowest BCUT2D eigenvalue weighted by atomic mass is 9.88. The molecule has 0 spiro atoms. The Morgan fingerprint density at radius 3 is 2.60 bits per heavy atom. The lowest BCUT2D eigenvalue weighted by Crippen LogP contribution is -2.41. The van der Waals surface area contributed by atoms with Gasteiger partial charge in [-0.15, -0.1) is 0 Å². The second-order valence-electron chi connectivity index (χ2n) is 9.96. The highest BCUT2D eigenvalue weighted by atomic mass is 19.2. The number of H-pyrrole nitrogens is 1.